The summed E-state index contributed by atoms with van der Waals surface area (Å²) in [5.41, 5.74) is 1.22. The minimum absolute atomic E-state index is 0.0288. The standard InChI is InChI=1S/C18H21FN2O5S2/c1-3-26-18-8-7-15(12-16(18)19)28(24,25)20-17-11-14(6-5-13(17)2)21-9-4-10-27(21,22)23/h5-8,11-12,20H,3-4,9-10H2,1-2H3. The summed E-state index contributed by atoms with van der Waals surface area (Å²) in [6.07, 6.45) is 0.517. The maximum atomic E-state index is 14.0. The second kappa shape index (κ2) is 7.59. The van der Waals surface area contributed by atoms with Gasteiger partial charge in [0.2, 0.25) is 10.0 Å². The largest absolute Gasteiger partial charge is 0.491 e. The van der Waals surface area contributed by atoms with Crippen molar-refractivity contribution in [3.8, 4) is 5.75 Å². The van der Waals surface area contributed by atoms with Crippen LogP contribution in [0.25, 0.3) is 0 Å². The summed E-state index contributed by atoms with van der Waals surface area (Å²) in [4.78, 5) is -0.257. The highest BCUT2D eigenvalue weighted by atomic mass is 32.2. The fraction of sp³-hybridized carbons (Fsp3) is 0.333. The highest BCUT2D eigenvalue weighted by molar-refractivity contribution is 7.93. The van der Waals surface area contributed by atoms with E-state index in [0.29, 0.717) is 24.2 Å². The van der Waals surface area contributed by atoms with Crippen LogP contribution in [0.4, 0.5) is 15.8 Å². The first-order chi connectivity index (χ1) is 13.1. The molecule has 1 aliphatic heterocycles. The van der Waals surface area contributed by atoms with Crippen LogP contribution in [0.5, 0.6) is 5.75 Å². The Hall–Kier alpha value is -2.33. The van der Waals surface area contributed by atoms with Gasteiger partial charge in [0.15, 0.2) is 11.6 Å². The monoisotopic (exact) mass is 428 g/mol. The van der Waals surface area contributed by atoms with Gasteiger partial charge in [-0.25, -0.2) is 21.2 Å². The van der Waals surface area contributed by atoms with E-state index in [0.717, 1.165) is 6.07 Å². The molecular formula is C18H21FN2O5S2. The number of rotatable bonds is 6. The van der Waals surface area contributed by atoms with Crippen molar-refractivity contribution in [1.29, 1.82) is 0 Å². The molecule has 0 spiro atoms. The highest BCUT2D eigenvalue weighted by Crippen LogP contribution is 2.30. The number of halogens is 1. The zero-order valence-corrected chi connectivity index (χ0v) is 17.1. The smallest absolute Gasteiger partial charge is 0.262 e. The van der Waals surface area contributed by atoms with Crippen LogP contribution >= 0.6 is 0 Å². The van der Waals surface area contributed by atoms with Crippen molar-refractivity contribution in [2.75, 3.05) is 27.9 Å². The summed E-state index contributed by atoms with van der Waals surface area (Å²) in [5.74, 6) is -0.745. The molecule has 1 fully saturated rings. The van der Waals surface area contributed by atoms with Crippen molar-refractivity contribution < 1.29 is 26.0 Å². The van der Waals surface area contributed by atoms with Gasteiger partial charge in [-0.3, -0.25) is 9.03 Å². The first-order valence-corrected chi connectivity index (χ1v) is 11.8. The molecule has 2 aromatic carbocycles. The maximum Gasteiger partial charge on any atom is 0.262 e. The molecule has 0 saturated carbocycles. The van der Waals surface area contributed by atoms with Gasteiger partial charge in [-0.05, 0) is 56.2 Å². The molecule has 2 aromatic rings. The topological polar surface area (TPSA) is 92.8 Å². The fourth-order valence-corrected chi connectivity index (χ4v) is 5.62. The lowest BCUT2D eigenvalue weighted by atomic mass is 10.2. The summed E-state index contributed by atoms with van der Waals surface area (Å²) in [5, 5.41) is 0. The quantitative estimate of drug-likeness (QED) is 0.764. The molecule has 10 heteroatoms. The van der Waals surface area contributed by atoms with E-state index in [9.17, 15) is 21.2 Å². The van der Waals surface area contributed by atoms with E-state index in [1.165, 1.54) is 22.5 Å². The molecule has 0 aliphatic carbocycles. The van der Waals surface area contributed by atoms with E-state index >= 15 is 0 Å². The summed E-state index contributed by atoms with van der Waals surface area (Å²) in [6, 6.07) is 8.14. The van der Waals surface area contributed by atoms with Gasteiger partial charge in [0.05, 0.1) is 28.6 Å². The Morgan fingerprint density at radius 1 is 1.21 bits per heavy atom. The maximum absolute atomic E-state index is 14.0. The van der Waals surface area contributed by atoms with Crippen LogP contribution in [-0.2, 0) is 20.0 Å². The number of nitrogens with zero attached hydrogens (tertiary/aromatic N) is 1. The number of hydrogen-bond donors (Lipinski definition) is 1. The molecule has 152 valence electrons. The molecule has 0 amide bonds. The van der Waals surface area contributed by atoms with Crippen molar-refractivity contribution >= 4 is 31.4 Å². The number of benzene rings is 2. The third-order valence-electron chi connectivity index (χ3n) is 4.37. The zero-order chi connectivity index (χ0) is 20.5. The van der Waals surface area contributed by atoms with Crippen LogP contribution in [0, 0.1) is 12.7 Å². The Bertz CT molecular complexity index is 1100. The number of nitrogens with one attached hydrogen (secondary N) is 1. The van der Waals surface area contributed by atoms with E-state index < -0.39 is 25.9 Å². The number of hydrogen-bond acceptors (Lipinski definition) is 5. The molecule has 0 atom stereocenters. The number of anilines is 2. The number of sulfonamides is 2. The van der Waals surface area contributed by atoms with Crippen LogP contribution in [0.2, 0.25) is 0 Å². The van der Waals surface area contributed by atoms with Crippen LogP contribution < -0.4 is 13.8 Å². The van der Waals surface area contributed by atoms with Crippen LogP contribution in [0.1, 0.15) is 18.9 Å². The van der Waals surface area contributed by atoms with Crippen molar-refractivity contribution in [1.82, 2.24) is 0 Å². The Kier molecular flexibility index (Phi) is 5.53. The molecule has 28 heavy (non-hydrogen) atoms. The van der Waals surface area contributed by atoms with E-state index in [1.54, 1.807) is 26.0 Å². The Labute approximate surface area is 164 Å². The lowest BCUT2D eigenvalue weighted by molar-refractivity contribution is 0.321. The summed E-state index contributed by atoms with van der Waals surface area (Å²) < 4.78 is 72.4. The second-order valence-corrected chi connectivity index (χ2v) is 10.1. The molecule has 1 N–H and O–H groups in total. The fourth-order valence-electron chi connectivity index (χ4n) is 2.93. The summed E-state index contributed by atoms with van der Waals surface area (Å²) in [6.45, 7) is 4.00. The molecule has 1 heterocycles. The predicted molar refractivity (Wildman–Crippen MR) is 105 cm³/mol. The van der Waals surface area contributed by atoms with Gasteiger partial charge < -0.3 is 4.74 Å². The first kappa shape index (κ1) is 20.4. The minimum atomic E-state index is -4.07. The lowest BCUT2D eigenvalue weighted by Crippen LogP contribution is -2.25. The van der Waals surface area contributed by atoms with Gasteiger partial charge in [-0.2, -0.15) is 0 Å². The van der Waals surface area contributed by atoms with Crippen molar-refractivity contribution in [2.24, 2.45) is 0 Å². The third-order valence-corrected chi connectivity index (χ3v) is 7.60. The average molecular weight is 429 g/mol. The lowest BCUT2D eigenvalue weighted by Gasteiger charge is -2.19. The minimum Gasteiger partial charge on any atom is -0.491 e. The molecule has 1 aliphatic rings. The number of ether oxygens (including phenoxy) is 1. The van der Waals surface area contributed by atoms with E-state index in [1.807, 2.05) is 0 Å². The third kappa shape index (κ3) is 4.07. The highest BCUT2D eigenvalue weighted by Gasteiger charge is 2.29. The molecule has 3 rings (SSSR count). The SMILES string of the molecule is CCOc1ccc(S(=O)(=O)Nc2cc(N3CCCS3(=O)=O)ccc2C)cc1F. The Morgan fingerprint density at radius 3 is 2.57 bits per heavy atom. The molecular weight excluding hydrogens is 407 g/mol. The second-order valence-electron chi connectivity index (χ2n) is 6.37. The van der Waals surface area contributed by atoms with Gasteiger partial charge in [0, 0.05) is 6.54 Å². The Morgan fingerprint density at radius 2 is 1.96 bits per heavy atom. The number of aryl methyl sites for hydroxylation is 1. The van der Waals surface area contributed by atoms with Crippen LogP contribution in [-0.4, -0.2) is 35.7 Å². The first-order valence-electron chi connectivity index (χ1n) is 8.70. The molecule has 0 unspecified atom stereocenters. The molecule has 1 saturated heterocycles. The van der Waals surface area contributed by atoms with E-state index in [4.69, 9.17) is 4.74 Å². The summed E-state index contributed by atoms with van der Waals surface area (Å²) >= 11 is 0. The normalized spacial score (nSPS) is 16.2. The Balaban J connectivity index is 1.92. The van der Waals surface area contributed by atoms with E-state index in [-0.39, 0.29) is 28.7 Å². The van der Waals surface area contributed by atoms with Gasteiger partial charge in [0.1, 0.15) is 0 Å². The predicted octanol–water partition coefficient (Wildman–Crippen LogP) is 2.87. The van der Waals surface area contributed by atoms with Crippen LogP contribution in [0.15, 0.2) is 41.3 Å². The molecule has 0 bridgehead atoms. The van der Waals surface area contributed by atoms with Gasteiger partial charge in [-0.15, -0.1) is 0 Å². The van der Waals surface area contributed by atoms with Gasteiger partial charge in [0.25, 0.3) is 10.0 Å². The van der Waals surface area contributed by atoms with Gasteiger partial charge >= 0.3 is 0 Å². The molecule has 0 aromatic heterocycles. The zero-order valence-electron chi connectivity index (χ0n) is 15.5. The van der Waals surface area contributed by atoms with Crippen LogP contribution in [0.3, 0.4) is 0 Å². The molecule has 7 nitrogen and oxygen atoms in total. The van der Waals surface area contributed by atoms with Crippen molar-refractivity contribution in [3.05, 3.63) is 47.8 Å². The van der Waals surface area contributed by atoms with Gasteiger partial charge in [-0.1, -0.05) is 6.07 Å². The van der Waals surface area contributed by atoms with Crippen molar-refractivity contribution in [2.45, 2.75) is 25.2 Å². The van der Waals surface area contributed by atoms with E-state index in [2.05, 4.69) is 4.72 Å². The summed E-state index contributed by atoms with van der Waals surface area (Å²) in [7, 11) is -7.46. The van der Waals surface area contributed by atoms with Crippen molar-refractivity contribution in [3.63, 3.8) is 0 Å². The molecule has 0 radical (unpaired) electrons. The average Bonchev–Trinajstić information content (AvgIpc) is 2.98.